The molecule has 0 aliphatic heterocycles. The van der Waals surface area contributed by atoms with Crippen molar-refractivity contribution in [2.75, 3.05) is 5.75 Å². The van der Waals surface area contributed by atoms with E-state index in [4.69, 9.17) is 5.26 Å². The standard InChI is InChI=1S/C13H11N3S/c1-2-17-13-7-10(9-16-12(13)8-14)11-5-3-4-6-15-11/h3-7,9H,2H2,1H3. The topological polar surface area (TPSA) is 49.6 Å². The van der Waals surface area contributed by atoms with E-state index in [1.54, 1.807) is 24.2 Å². The van der Waals surface area contributed by atoms with Gasteiger partial charge < -0.3 is 0 Å². The fourth-order valence-corrected chi connectivity index (χ4v) is 2.22. The van der Waals surface area contributed by atoms with Crippen LogP contribution in [0, 0.1) is 11.3 Å². The van der Waals surface area contributed by atoms with Gasteiger partial charge in [-0.2, -0.15) is 5.26 Å². The Bertz CT molecular complexity index is 546. The zero-order valence-electron chi connectivity index (χ0n) is 9.42. The first-order chi connectivity index (χ1) is 8.35. The van der Waals surface area contributed by atoms with Crippen LogP contribution in [0.1, 0.15) is 12.6 Å². The Morgan fingerprint density at radius 2 is 2.24 bits per heavy atom. The van der Waals surface area contributed by atoms with Gasteiger partial charge in [0.15, 0.2) is 5.69 Å². The van der Waals surface area contributed by atoms with Crippen molar-refractivity contribution >= 4 is 11.8 Å². The molecule has 0 aromatic carbocycles. The molecule has 2 aromatic heterocycles. The van der Waals surface area contributed by atoms with E-state index in [2.05, 4.69) is 23.0 Å². The van der Waals surface area contributed by atoms with E-state index in [1.807, 2.05) is 24.3 Å². The molecule has 2 heterocycles. The van der Waals surface area contributed by atoms with Crippen LogP contribution in [-0.4, -0.2) is 15.7 Å². The molecular formula is C13H11N3S. The summed E-state index contributed by atoms with van der Waals surface area (Å²) in [6.45, 7) is 2.05. The van der Waals surface area contributed by atoms with E-state index in [-0.39, 0.29) is 0 Å². The van der Waals surface area contributed by atoms with Crippen LogP contribution < -0.4 is 0 Å². The molecule has 0 radical (unpaired) electrons. The molecule has 0 amide bonds. The minimum Gasteiger partial charge on any atom is -0.256 e. The summed E-state index contributed by atoms with van der Waals surface area (Å²) in [5, 5.41) is 8.97. The average Bonchev–Trinajstić information content (AvgIpc) is 2.40. The minimum atomic E-state index is 0.483. The van der Waals surface area contributed by atoms with Gasteiger partial charge in [-0.1, -0.05) is 13.0 Å². The highest BCUT2D eigenvalue weighted by atomic mass is 32.2. The van der Waals surface area contributed by atoms with Gasteiger partial charge in [-0.3, -0.25) is 4.98 Å². The second-order valence-electron chi connectivity index (χ2n) is 3.33. The number of thioether (sulfide) groups is 1. The summed E-state index contributed by atoms with van der Waals surface area (Å²) in [6, 6.07) is 9.83. The van der Waals surface area contributed by atoms with E-state index >= 15 is 0 Å². The van der Waals surface area contributed by atoms with Crippen LogP contribution in [0.4, 0.5) is 0 Å². The van der Waals surface area contributed by atoms with Gasteiger partial charge in [0.05, 0.1) is 5.69 Å². The zero-order valence-corrected chi connectivity index (χ0v) is 10.2. The second kappa shape index (κ2) is 5.46. The Kier molecular flexibility index (Phi) is 3.73. The average molecular weight is 241 g/mol. The smallest absolute Gasteiger partial charge is 0.154 e. The van der Waals surface area contributed by atoms with Gasteiger partial charge in [0.2, 0.25) is 0 Å². The van der Waals surface area contributed by atoms with Crippen molar-refractivity contribution in [3.05, 3.63) is 42.4 Å². The predicted octanol–water partition coefficient (Wildman–Crippen LogP) is 3.13. The molecule has 0 unspecified atom stereocenters. The van der Waals surface area contributed by atoms with Crippen molar-refractivity contribution < 1.29 is 0 Å². The first-order valence-corrected chi connectivity index (χ1v) is 6.28. The summed E-state index contributed by atoms with van der Waals surface area (Å²) < 4.78 is 0. The van der Waals surface area contributed by atoms with Crippen LogP contribution in [-0.2, 0) is 0 Å². The molecule has 4 heteroatoms. The molecule has 0 N–H and O–H groups in total. The summed E-state index contributed by atoms with van der Waals surface area (Å²) in [5.41, 5.74) is 2.31. The molecule has 17 heavy (non-hydrogen) atoms. The van der Waals surface area contributed by atoms with E-state index in [0.29, 0.717) is 5.69 Å². The van der Waals surface area contributed by atoms with E-state index < -0.39 is 0 Å². The Hall–Kier alpha value is -1.86. The molecule has 0 bridgehead atoms. The molecule has 0 fully saturated rings. The number of nitrogens with zero attached hydrogens (tertiary/aromatic N) is 3. The highest BCUT2D eigenvalue weighted by Crippen LogP contribution is 2.25. The Balaban J connectivity index is 2.45. The van der Waals surface area contributed by atoms with Crippen molar-refractivity contribution in [3.63, 3.8) is 0 Å². The maximum atomic E-state index is 8.97. The number of nitriles is 1. The Labute approximate surface area is 105 Å². The van der Waals surface area contributed by atoms with Gasteiger partial charge in [-0.05, 0) is 24.0 Å². The van der Waals surface area contributed by atoms with Crippen LogP contribution in [0.25, 0.3) is 11.3 Å². The Morgan fingerprint density at radius 3 is 2.88 bits per heavy atom. The van der Waals surface area contributed by atoms with E-state index in [0.717, 1.165) is 21.9 Å². The largest absolute Gasteiger partial charge is 0.256 e. The first-order valence-electron chi connectivity index (χ1n) is 5.29. The highest BCUT2D eigenvalue weighted by Gasteiger charge is 2.06. The van der Waals surface area contributed by atoms with Crippen LogP contribution in [0.2, 0.25) is 0 Å². The highest BCUT2D eigenvalue weighted by molar-refractivity contribution is 7.99. The van der Waals surface area contributed by atoms with Crippen molar-refractivity contribution in [1.29, 1.82) is 5.26 Å². The summed E-state index contributed by atoms with van der Waals surface area (Å²) >= 11 is 1.62. The van der Waals surface area contributed by atoms with Crippen LogP contribution in [0.3, 0.4) is 0 Å². The molecule has 0 aliphatic carbocycles. The van der Waals surface area contributed by atoms with Gasteiger partial charge in [0, 0.05) is 22.9 Å². The lowest BCUT2D eigenvalue weighted by molar-refractivity contribution is 1.17. The van der Waals surface area contributed by atoms with Crippen molar-refractivity contribution in [3.8, 4) is 17.3 Å². The van der Waals surface area contributed by atoms with Crippen LogP contribution >= 0.6 is 11.8 Å². The molecular weight excluding hydrogens is 230 g/mol. The normalized spacial score (nSPS) is 9.88. The van der Waals surface area contributed by atoms with E-state index in [1.165, 1.54) is 0 Å². The Morgan fingerprint density at radius 1 is 1.35 bits per heavy atom. The van der Waals surface area contributed by atoms with Crippen molar-refractivity contribution in [1.82, 2.24) is 9.97 Å². The van der Waals surface area contributed by atoms with Gasteiger partial charge in [-0.15, -0.1) is 11.8 Å². The fourth-order valence-electron chi connectivity index (χ4n) is 1.47. The van der Waals surface area contributed by atoms with Crippen molar-refractivity contribution in [2.24, 2.45) is 0 Å². The van der Waals surface area contributed by atoms with Crippen LogP contribution in [0.15, 0.2) is 41.6 Å². The van der Waals surface area contributed by atoms with Gasteiger partial charge in [0.1, 0.15) is 6.07 Å². The molecule has 0 atom stereocenters. The second-order valence-corrected chi connectivity index (χ2v) is 4.64. The third kappa shape index (κ3) is 2.63. The summed E-state index contributed by atoms with van der Waals surface area (Å²) in [7, 11) is 0. The monoisotopic (exact) mass is 241 g/mol. The number of pyridine rings is 2. The van der Waals surface area contributed by atoms with E-state index in [9.17, 15) is 0 Å². The summed E-state index contributed by atoms with van der Waals surface area (Å²) in [5.74, 6) is 0.919. The summed E-state index contributed by atoms with van der Waals surface area (Å²) in [6.07, 6.45) is 3.45. The van der Waals surface area contributed by atoms with Gasteiger partial charge >= 0.3 is 0 Å². The predicted molar refractivity (Wildman–Crippen MR) is 68.6 cm³/mol. The lowest BCUT2D eigenvalue weighted by Gasteiger charge is -2.04. The number of hydrogen-bond donors (Lipinski definition) is 0. The van der Waals surface area contributed by atoms with Gasteiger partial charge in [-0.25, -0.2) is 4.98 Å². The maximum Gasteiger partial charge on any atom is 0.154 e. The SMILES string of the molecule is CCSc1cc(-c2ccccn2)cnc1C#N. The molecule has 0 saturated heterocycles. The molecule has 0 aliphatic rings. The molecule has 0 saturated carbocycles. The molecule has 2 aromatic rings. The van der Waals surface area contributed by atoms with Gasteiger partial charge in [0.25, 0.3) is 0 Å². The molecule has 0 spiro atoms. The lowest BCUT2D eigenvalue weighted by atomic mass is 10.2. The fraction of sp³-hybridized carbons (Fsp3) is 0.154. The molecule has 84 valence electrons. The third-order valence-corrected chi connectivity index (χ3v) is 3.13. The number of hydrogen-bond acceptors (Lipinski definition) is 4. The summed E-state index contributed by atoms with van der Waals surface area (Å²) in [4.78, 5) is 9.36. The minimum absolute atomic E-state index is 0.483. The third-order valence-electron chi connectivity index (χ3n) is 2.22. The maximum absolute atomic E-state index is 8.97. The molecule has 2 rings (SSSR count). The van der Waals surface area contributed by atoms with Crippen LogP contribution in [0.5, 0.6) is 0 Å². The zero-order chi connectivity index (χ0) is 12.1. The number of rotatable bonds is 3. The lowest BCUT2D eigenvalue weighted by Crippen LogP contribution is -1.90. The first kappa shape index (κ1) is 11.6. The quantitative estimate of drug-likeness (QED) is 0.775. The number of aromatic nitrogens is 2. The molecule has 3 nitrogen and oxygen atoms in total. The van der Waals surface area contributed by atoms with Crippen molar-refractivity contribution in [2.45, 2.75) is 11.8 Å².